The summed E-state index contributed by atoms with van der Waals surface area (Å²) in [6.45, 7) is 4.31. The largest absolute Gasteiger partial charge is 0.504 e. The van der Waals surface area contributed by atoms with E-state index in [1.807, 2.05) is 38.1 Å². The summed E-state index contributed by atoms with van der Waals surface area (Å²) < 4.78 is 7.24. The van der Waals surface area contributed by atoms with E-state index in [9.17, 15) is 9.90 Å². The maximum atomic E-state index is 12.9. The molecule has 7 nitrogen and oxygen atoms in total. The van der Waals surface area contributed by atoms with Gasteiger partial charge in [0.2, 0.25) is 5.16 Å². The van der Waals surface area contributed by atoms with E-state index in [1.54, 1.807) is 22.9 Å². The van der Waals surface area contributed by atoms with E-state index in [-0.39, 0.29) is 11.3 Å². The standard InChI is InChI=1S/C20H20N4O3S/c1-3-27-16-11-12(9-10-15(16)25)18-21-14-8-6-5-7-13(14)17-19(26)22-20(28-4-2)23-24(17)18/h5-11,18H,3-4H2,1-2H3,(H2,22,23,25,26)/p+1/t18-/m0/s1. The number of fused-ring (bicyclic) bond motifs is 3. The van der Waals surface area contributed by atoms with Crippen LogP contribution < -0.4 is 20.3 Å². The summed E-state index contributed by atoms with van der Waals surface area (Å²) >= 11 is 1.47. The number of thioether (sulfide) groups is 1. The van der Waals surface area contributed by atoms with Crippen molar-refractivity contribution in [3.63, 3.8) is 0 Å². The number of phenolic OH excluding ortho intramolecular Hbond substituents is 1. The molecule has 2 aromatic carbocycles. The average Bonchev–Trinajstić information content (AvgIpc) is 2.69. The van der Waals surface area contributed by atoms with Crippen LogP contribution in [0.1, 0.15) is 25.6 Å². The molecule has 2 heterocycles. The van der Waals surface area contributed by atoms with E-state index >= 15 is 0 Å². The molecule has 1 aromatic heterocycles. The summed E-state index contributed by atoms with van der Waals surface area (Å²) in [5.74, 6) is 1.27. The predicted octanol–water partition coefficient (Wildman–Crippen LogP) is 2.91. The van der Waals surface area contributed by atoms with Gasteiger partial charge in [-0.2, -0.15) is 0 Å². The zero-order chi connectivity index (χ0) is 19.7. The third-order valence-corrected chi connectivity index (χ3v) is 5.21. The van der Waals surface area contributed by atoms with Crippen LogP contribution in [0.25, 0.3) is 11.3 Å². The maximum Gasteiger partial charge on any atom is 0.325 e. The fourth-order valence-electron chi connectivity index (χ4n) is 3.29. The molecule has 0 aliphatic carbocycles. The van der Waals surface area contributed by atoms with Crippen molar-refractivity contribution >= 4 is 17.4 Å². The van der Waals surface area contributed by atoms with Gasteiger partial charge in [-0.05, 0) is 47.7 Å². The number of aromatic amines is 1. The summed E-state index contributed by atoms with van der Waals surface area (Å²) in [7, 11) is 0. The van der Waals surface area contributed by atoms with E-state index in [2.05, 4.69) is 15.4 Å². The molecule has 8 heteroatoms. The minimum absolute atomic E-state index is 0.0770. The van der Waals surface area contributed by atoms with Crippen LogP contribution in [0.15, 0.2) is 52.4 Å². The topological polar surface area (TPSA) is 91.1 Å². The number of phenols is 1. The van der Waals surface area contributed by atoms with Gasteiger partial charge in [0.15, 0.2) is 11.5 Å². The first-order valence-electron chi connectivity index (χ1n) is 9.13. The molecule has 1 aliphatic rings. The second-order valence-corrected chi connectivity index (χ2v) is 7.49. The number of H-pyrrole nitrogens is 1. The highest BCUT2D eigenvalue weighted by Gasteiger charge is 2.37. The molecule has 4 rings (SSSR count). The monoisotopic (exact) mass is 397 g/mol. The Morgan fingerprint density at radius 2 is 2.07 bits per heavy atom. The summed E-state index contributed by atoms with van der Waals surface area (Å²) in [6.07, 6.45) is -0.414. The van der Waals surface area contributed by atoms with Crippen LogP contribution >= 0.6 is 11.8 Å². The summed E-state index contributed by atoms with van der Waals surface area (Å²) in [5.41, 5.74) is 2.78. The highest BCUT2D eigenvalue weighted by Crippen LogP contribution is 2.34. The Morgan fingerprint density at radius 3 is 2.86 bits per heavy atom. The van der Waals surface area contributed by atoms with E-state index < -0.39 is 6.17 Å². The predicted molar refractivity (Wildman–Crippen MR) is 108 cm³/mol. The third kappa shape index (κ3) is 3.20. The molecule has 3 N–H and O–H groups in total. The van der Waals surface area contributed by atoms with Gasteiger partial charge >= 0.3 is 11.3 Å². The number of para-hydroxylation sites is 1. The SMILES string of the molecule is CCOc1cc([C@H]2Nc3ccccc3-c3c(=O)[nH]c(SCC)n[n+]32)ccc1O. The molecule has 0 radical (unpaired) electrons. The van der Waals surface area contributed by atoms with Crippen LogP contribution in [0.4, 0.5) is 5.69 Å². The van der Waals surface area contributed by atoms with Crippen LogP contribution in [0, 0.1) is 0 Å². The van der Waals surface area contributed by atoms with Crippen LogP contribution in [0.5, 0.6) is 11.5 Å². The van der Waals surface area contributed by atoms with Crippen LogP contribution in [-0.4, -0.2) is 27.5 Å². The zero-order valence-corrected chi connectivity index (χ0v) is 16.4. The summed E-state index contributed by atoms with van der Waals surface area (Å²) in [5, 5.41) is 18.7. The lowest BCUT2D eigenvalue weighted by atomic mass is 10.0. The van der Waals surface area contributed by atoms with Crippen molar-refractivity contribution in [2.24, 2.45) is 0 Å². The van der Waals surface area contributed by atoms with Gasteiger partial charge in [-0.3, -0.25) is 9.78 Å². The average molecular weight is 397 g/mol. The minimum atomic E-state index is -0.414. The number of aromatic nitrogens is 3. The normalized spacial score (nSPS) is 14.7. The molecule has 0 amide bonds. The Hall–Kier alpha value is -3.00. The van der Waals surface area contributed by atoms with Crippen molar-refractivity contribution in [2.45, 2.75) is 25.2 Å². The van der Waals surface area contributed by atoms with Gasteiger partial charge in [0.25, 0.3) is 6.17 Å². The maximum absolute atomic E-state index is 12.9. The lowest BCUT2D eigenvalue weighted by Crippen LogP contribution is -2.55. The first kappa shape index (κ1) is 18.4. The lowest BCUT2D eigenvalue weighted by Gasteiger charge is -2.22. The minimum Gasteiger partial charge on any atom is -0.504 e. The second kappa shape index (κ2) is 7.55. The molecule has 0 saturated heterocycles. The molecule has 1 aliphatic heterocycles. The Morgan fingerprint density at radius 1 is 1.25 bits per heavy atom. The molecular weight excluding hydrogens is 376 g/mol. The number of hydrogen-bond acceptors (Lipinski definition) is 6. The van der Waals surface area contributed by atoms with Gasteiger partial charge in [0, 0.05) is 10.7 Å². The first-order valence-corrected chi connectivity index (χ1v) is 10.1. The number of aromatic hydroxyl groups is 1. The zero-order valence-electron chi connectivity index (χ0n) is 15.6. The Bertz CT molecular complexity index is 1080. The molecule has 0 unspecified atom stereocenters. The van der Waals surface area contributed by atoms with Gasteiger partial charge < -0.3 is 15.2 Å². The van der Waals surface area contributed by atoms with Crippen molar-refractivity contribution in [2.75, 3.05) is 17.7 Å². The van der Waals surface area contributed by atoms with E-state index in [0.717, 1.165) is 22.6 Å². The second-order valence-electron chi connectivity index (χ2n) is 6.24. The third-order valence-electron chi connectivity index (χ3n) is 4.46. The van der Waals surface area contributed by atoms with E-state index in [1.165, 1.54) is 11.8 Å². The number of nitrogens with zero attached hydrogens (tertiary/aromatic N) is 2. The van der Waals surface area contributed by atoms with Crippen molar-refractivity contribution in [3.05, 3.63) is 58.4 Å². The quantitative estimate of drug-likeness (QED) is 0.453. The molecule has 144 valence electrons. The molecule has 0 spiro atoms. The van der Waals surface area contributed by atoms with Crippen molar-refractivity contribution in [1.82, 2.24) is 10.1 Å². The summed E-state index contributed by atoms with van der Waals surface area (Å²) in [4.78, 5) is 15.8. The van der Waals surface area contributed by atoms with E-state index in [0.29, 0.717) is 23.2 Å². The molecule has 3 aromatic rings. The van der Waals surface area contributed by atoms with Crippen molar-refractivity contribution < 1.29 is 14.5 Å². The molecule has 0 fully saturated rings. The Kier molecular flexibility index (Phi) is 4.95. The molecular formula is C20H21N4O3S+. The fraction of sp³-hybridized carbons (Fsp3) is 0.250. The molecule has 1 atom stereocenters. The van der Waals surface area contributed by atoms with Gasteiger partial charge in [0.1, 0.15) is 0 Å². The highest BCUT2D eigenvalue weighted by atomic mass is 32.2. The number of benzene rings is 2. The van der Waals surface area contributed by atoms with Crippen LogP contribution in [0.3, 0.4) is 0 Å². The number of hydrogen-bond donors (Lipinski definition) is 3. The smallest absolute Gasteiger partial charge is 0.325 e. The first-order chi connectivity index (χ1) is 13.6. The van der Waals surface area contributed by atoms with Gasteiger partial charge in [-0.1, -0.05) is 30.8 Å². The highest BCUT2D eigenvalue weighted by molar-refractivity contribution is 7.99. The molecule has 0 bridgehead atoms. The number of rotatable bonds is 5. The van der Waals surface area contributed by atoms with Crippen molar-refractivity contribution in [3.8, 4) is 22.8 Å². The molecule has 28 heavy (non-hydrogen) atoms. The van der Waals surface area contributed by atoms with Gasteiger partial charge in [0.05, 0.1) is 17.9 Å². The van der Waals surface area contributed by atoms with Gasteiger partial charge in [-0.25, -0.2) is 0 Å². The van der Waals surface area contributed by atoms with E-state index in [4.69, 9.17) is 4.74 Å². The van der Waals surface area contributed by atoms with Gasteiger partial charge in [-0.15, -0.1) is 0 Å². The summed E-state index contributed by atoms with van der Waals surface area (Å²) in [6, 6.07) is 12.8. The van der Waals surface area contributed by atoms with Crippen LogP contribution in [-0.2, 0) is 0 Å². The molecule has 0 saturated carbocycles. The Labute approximate surface area is 166 Å². The van der Waals surface area contributed by atoms with Crippen molar-refractivity contribution in [1.29, 1.82) is 0 Å². The fourth-order valence-corrected chi connectivity index (χ4v) is 3.87. The van der Waals surface area contributed by atoms with Crippen LogP contribution in [0.2, 0.25) is 0 Å². The number of ether oxygens (including phenoxy) is 1. The number of nitrogens with one attached hydrogen (secondary N) is 2. The number of anilines is 1. The lowest BCUT2D eigenvalue weighted by molar-refractivity contribution is -0.759. The Balaban J connectivity index is 1.91.